The molecule has 168 valence electrons. The molecule has 7 nitrogen and oxygen atoms in total. The topological polar surface area (TPSA) is 101 Å². The normalized spacial score (nSPS) is 11.6. The maximum Gasteiger partial charge on any atom is 0.326 e. The van der Waals surface area contributed by atoms with Crippen molar-refractivity contribution in [2.75, 3.05) is 19.0 Å². The maximum atomic E-state index is 12.5. The van der Waals surface area contributed by atoms with Crippen LogP contribution in [0.4, 0.5) is 5.82 Å². The summed E-state index contributed by atoms with van der Waals surface area (Å²) in [6.45, 7) is 0.431. The van der Waals surface area contributed by atoms with Crippen LogP contribution in [-0.2, 0) is 17.6 Å². The fourth-order valence-corrected chi connectivity index (χ4v) is 4.34. The van der Waals surface area contributed by atoms with Crippen LogP contribution in [0.2, 0.25) is 10.0 Å². The van der Waals surface area contributed by atoms with Crippen molar-refractivity contribution >= 4 is 52.2 Å². The molecule has 0 spiro atoms. The second kappa shape index (κ2) is 11.2. The molecule has 3 N–H and O–H groups in total. The van der Waals surface area contributed by atoms with Crippen LogP contribution in [0.25, 0.3) is 0 Å². The number of rotatable bonds is 10. The predicted molar refractivity (Wildman–Crippen MR) is 126 cm³/mol. The summed E-state index contributed by atoms with van der Waals surface area (Å²) in [5.74, 6) is -0.371. The Hall–Kier alpha value is -2.81. The Morgan fingerprint density at radius 2 is 1.91 bits per heavy atom. The zero-order chi connectivity index (χ0) is 23.1. The van der Waals surface area contributed by atoms with Gasteiger partial charge in [-0.2, -0.15) is 0 Å². The van der Waals surface area contributed by atoms with Crippen LogP contribution in [0, 0.1) is 0 Å². The Morgan fingerprint density at radius 1 is 1.19 bits per heavy atom. The van der Waals surface area contributed by atoms with Gasteiger partial charge in [0.2, 0.25) is 0 Å². The fraction of sp³-hybridized carbons (Fsp3) is 0.227. The number of ether oxygens (including phenoxy) is 1. The number of hydrogen-bond donors (Lipinski definition) is 3. The van der Waals surface area contributed by atoms with E-state index in [4.69, 9.17) is 27.9 Å². The van der Waals surface area contributed by atoms with Gasteiger partial charge in [0.05, 0.1) is 22.2 Å². The van der Waals surface area contributed by atoms with E-state index in [-0.39, 0.29) is 22.0 Å². The fourth-order valence-electron chi connectivity index (χ4n) is 2.92. The van der Waals surface area contributed by atoms with Crippen LogP contribution in [-0.4, -0.2) is 41.7 Å². The molecule has 3 rings (SSSR count). The van der Waals surface area contributed by atoms with Crippen molar-refractivity contribution in [1.82, 2.24) is 10.3 Å². The highest BCUT2D eigenvalue weighted by molar-refractivity contribution is 7.10. The average molecular weight is 494 g/mol. The first kappa shape index (κ1) is 23.8. The highest BCUT2D eigenvalue weighted by Gasteiger charge is 2.24. The lowest BCUT2D eigenvalue weighted by Gasteiger charge is -2.15. The zero-order valence-electron chi connectivity index (χ0n) is 17.1. The molecule has 2 aromatic heterocycles. The van der Waals surface area contributed by atoms with E-state index in [1.807, 2.05) is 25.2 Å². The number of nitrogens with one attached hydrogen (secondary N) is 2. The minimum Gasteiger partial charge on any atom is -0.492 e. The molecule has 10 heteroatoms. The highest BCUT2D eigenvalue weighted by Crippen LogP contribution is 2.26. The van der Waals surface area contributed by atoms with Crippen LogP contribution >= 0.6 is 34.5 Å². The molecular formula is C22H21Cl2N3O4S. The molecule has 0 aliphatic rings. The predicted octanol–water partition coefficient (Wildman–Crippen LogP) is 4.54. The van der Waals surface area contributed by atoms with Crippen LogP contribution < -0.4 is 15.4 Å². The van der Waals surface area contributed by atoms with Crippen LogP contribution in [0.1, 0.15) is 20.9 Å². The number of aliphatic carboxylic acids is 1. The standard InChI is InChI=1S/C22H21Cl2N3O4S/c1-25-19-7-2-4-13(26-19)8-9-31-14-10-15(32-12-14)11-18(22(29)30)27-21(28)20-16(23)5-3-6-17(20)24/h2-7,10,12,18H,8-9,11H2,1H3,(H,25,26)(H,27,28)(H,29,30)/t18-/m0/s1. The Labute approximate surface area is 199 Å². The maximum absolute atomic E-state index is 12.5. The molecule has 0 aliphatic carbocycles. The summed E-state index contributed by atoms with van der Waals surface area (Å²) in [7, 11) is 1.81. The van der Waals surface area contributed by atoms with E-state index in [9.17, 15) is 14.7 Å². The highest BCUT2D eigenvalue weighted by atomic mass is 35.5. The van der Waals surface area contributed by atoms with Gasteiger partial charge in [-0.3, -0.25) is 4.79 Å². The number of carboxylic acids is 1. The summed E-state index contributed by atoms with van der Waals surface area (Å²) in [5, 5.41) is 17.2. The second-order valence-electron chi connectivity index (χ2n) is 6.78. The van der Waals surface area contributed by atoms with Gasteiger partial charge in [0.15, 0.2) is 0 Å². The third-order valence-electron chi connectivity index (χ3n) is 4.52. The van der Waals surface area contributed by atoms with Gasteiger partial charge in [-0.25, -0.2) is 9.78 Å². The minimum absolute atomic E-state index is 0.0493. The number of halogens is 2. The first-order valence-electron chi connectivity index (χ1n) is 9.69. The van der Waals surface area contributed by atoms with Gasteiger partial charge in [0.25, 0.3) is 5.91 Å². The van der Waals surface area contributed by atoms with E-state index >= 15 is 0 Å². The lowest BCUT2D eigenvalue weighted by Crippen LogP contribution is -2.42. The van der Waals surface area contributed by atoms with Crippen molar-refractivity contribution in [3.8, 4) is 5.75 Å². The van der Waals surface area contributed by atoms with E-state index in [2.05, 4.69) is 15.6 Å². The first-order valence-corrected chi connectivity index (χ1v) is 11.3. The quantitative estimate of drug-likeness (QED) is 0.383. The van der Waals surface area contributed by atoms with Crippen molar-refractivity contribution in [3.63, 3.8) is 0 Å². The lowest BCUT2D eigenvalue weighted by molar-refractivity contribution is -0.139. The number of carboxylic acid groups (broad SMARTS) is 1. The van der Waals surface area contributed by atoms with Crippen LogP contribution in [0.15, 0.2) is 47.8 Å². The number of pyridine rings is 1. The monoisotopic (exact) mass is 493 g/mol. The molecule has 1 aromatic carbocycles. The summed E-state index contributed by atoms with van der Waals surface area (Å²) in [6.07, 6.45) is 0.732. The molecule has 0 radical (unpaired) electrons. The SMILES string of the molecule is CNc1cccc(CCOc2csc(C[C@H](NC(=O)c3c(Cl)cccc3Cl)C(=O)O)c2)n1. The molecule has 0 aliphatic heterocycles. The first-order chi connectivity index (χ1) is 15.4. The number of nitrogens with zero attached hydrogens (tertiary/aromatic N) is 1. The molecular weight excluding hydrogens is 473 g/mol. The Balaban J connectivity index is 1.58. The Morgan fingerprint density at radius 3 is 2.59 bits per heavy atom. The summed E-state index contributed by atoms with van der Waals surface area (Å²) in [5.41, 5.74) is 0.951. The van der Waals surface area contributed by atoms with Gasteiger partial charge < -0.3 is 20.5 Å². The number of thiophene rings is 1. The molecule has 3 aromatic rings. The summed E-state index contributed by atoms with van der Waals surface area (Å²) < 4.78 is 5.77. The van der Waals surface area contributed by atoms with Gasteiger partial charge in [-0.05, 0) is 30.3 Å². The molecule has 2 heterocycles. The second-order valence-corrected chi connectivity index (χ2v) is 8.59. The molecule has 0 unspecified atom stereocenters. The van der Waals surface area contributed by atoms with Gasteiger partial charge in [0, 0.05) is 35.8 Å². The number of amides is 1. The number of hydrogen-bond acceptors (Lipinski definition) is 6. The van der Waals surface area contributed by atoms with E-state index in [1.54, 1.807) is 17.5 Å². The van der Waals surface area contributed by atoms with E-state index in [0.717, 1.165) is 16.4 Å². The minimum atomic E-state index is -1.16. The summed E-state index contributed by atoms with van der Waals surface area (Å²) >= 11 is 13.5. The van der Waals surface area contributed by atoms with E-state index in [1.165, 1.54) is 23.5 Å². The summed E-state index contributed by atoms with van der Waals surface area (Å²) in [6, 6.07) is 11.0. The van der Waals surface area contributed by atoms with Crippen LogP contribution in [0.5, 0.6) is 5.75 Å². The van der Waals surface area contributed by atoms with Crippen molar-refractivity contribution in [1.29, 1.82) is 0 Å². The Bertz CT molecular complexity index is 1090. The molecule has 0 fully saturated rings. The number of aromatic nitrogens is 1. The third-order valence-corrected chi connectivity index (χ3v) is 6.09. The van der Waals surface area contributed by atoms with E-state index in [0.29, 0.717) is 18.8 Å². The average Bonchev–Trinajstić information content (AvgIpc) is 3.20. The molecule has 1 amide bonds. The Kier molecular flexibility index (Phi) is 8.33. The third kappa shape index (κ3) is 6.35. The van der Waals surface area contributed by atoms with Crippen molar-refractivity contribution in [3.05, 3.63) is 74.0 Å². The molecule has 32 heavy (non-hydrogen) atoms. The van der Waals surface area contributed by atoms with E-state index < -0.39 is 17.9 Å². The molecule has 0 saturated carbocycles. The number of carbonyl (C=O) groups is 2. The lowest BCUT2D eigenvalue weighted by atomic mass is 10.1. The number of benzene rings is 1. The van der Waals surface area contributed by atoms with Crippen LogP contribution in [0.3, 0.4) is 0 Å². The van der Waals surface area contributed by atoms with Crippen molar-refractivity contribution in [2.24, 2.45) is 0 Å². The smallest absolute Gasteiger partial charge is 0.326 e. The van der Waals surface area contributed by atoms with Crippen molar-refractivity contribution in [2.45, 2.75) is 18.9 Å². The van der Waals surface area contributed by atoms with Gasteiger partial charge in [-0.1, -0.05) is 35.3 Å². The molecule has 0 saturated heterocycles. The van der Waals surface area contributed by atoms with Crippen molar-refractivity contribution < 1.29 is 19.4 Å². The summed E-state index contributed by atoms with van der Waals surface area (Å²) in [4.78, 5) is 29.4. The van der Waals surface area contributed by atoms with Gasteiger partial charge >= 0.3 is 5.97 Å². The zero-order valence-corrected chi connectivity index (χ0v) is 19.4. The number of carbonyl (C=O) groups excluding carboxylic acids is 1. The van der Waals surface area contributed by atoms with Gasteiger partial charge in [0.1, 0.15) is 17.6 Å². The largest absolute Gasteiger partial charge is 0.492 e. The molecule has 0 bridgehead atoms. The van der Waals surface area contributed by atoms with Gasteiger partial charge in [-0.15, -0.1) is 11.3 Å². The number of anilines is 1. The molecule has 1 atom stereocenters.